The van der Waals surface area contributed by atoms with E-state index in [0.717, 1.165) is 26.2 Å². The zero-order valence-electron chi connectivity index (χ0n) is 13.4. The van der Waals surface area contributed by atoms with Crippen molar-refractivity contribution < 1.29 is 9.53 Å². The monoisotopic (exact) mass is 415 g/mol. The summed E-state index contributed by atoms with van der Waals surface area (Å²) in [7, 11) is 1.36. The predicted molar refractivity (Wildman–Crippen MR) is 102 cm³/mol. The molecule has 0 radical (unpaired) electrons. The molecule has 0 saturated heterocycles. The first-order chi connectivity index (χ1) is 12.1. The van der Waals surface area contributed by atoms with E-state index in [1.165, 1.54) is 18.4 Å². The molecule has 0 fully saturated rings. The predicted octanol–water partition coefficient (Wildman–Crippen LogP) is 4.35. The van der Waals surface area contributed by atoms with Crippen LogP contribution in [-0.4, -0.2) is 17.6 Å². The number of halogens is 1. The number of thiophene rings is 1. The molecule has 2 aromatic heterocycles. The molecule has 0 atom stereocenters. The fraction of sp³-hybridized carbons (Fsp3) is 0.158. The Bertz CT molecular complexity index is 1040. The van der Waals surface area contributed by atoms with Gasteiger partial charge in [0, 0.05) is 12.1 Å². The number of hydrogen-bond donors (Lipinski definition) is 0. The molecule has 0 amide bonds. The van der Waals surface area contributed by atoms with Gasteiger partial charge < -0.3 is 9.30 Å². The Labute approximate surface area is 156 Å². The first kappa shape index (κ1) is 16.3. The van der Waals surface area contributed by atoms with Crippen molar-refractivity contribution in [2.24, 2.45) is 0 Å². The average Bonchev–Trinajstić information content (AvgIpc) is 3.02. The Kier molecular flexibility index (Phi) is 4.09. The van der Waals surface area contributed by atoms with Gasteiger partial charge in [-0.15, -0.1) is 11.3 Å². The third kappa shape index (κ3) is 2.65. The molecule has 4 nitrogen and oxygen atoms in total. The number of ether oxygens (including phenoxy) is 1. The second-order valence-electron chi connectivity index (χ2n) is 5.79. The summed E-state index contributed by atoms with van der Waals surface area (Å²) in [6.45, 7) is 0.551. The van der Waals surface area contributed by atoms with Crippen molar-refractivity contribution in [3.05, 3.63) is 67.7 Å². The van der Waals surface area contributed by atoms with Crippen molar-refractivity contribution >= 4 is 33.2 Å². The van der Waals surface area contributed by atoms with E-state index in [9.17, 15) is 9.59 Å². The molecule has 0 N–H and O–H groups in total. The molecule has 0 unspecified atom stereocenters. The van der Waals surface area contributed by atoms with Gasteiger partial charge in [0.15, 0.2) is 0 Å². The van der Waals surface area contributed by atoms with Crippen LogP contribution in [-0.2, 0) is 17.7 Å². The van der Waals surface area contributed by atoms with Gasteiger partial charge >= 0.3 is 5.97 Å². The molecule has 0 spiro atoms. The van der Waals surface area contributed by atoms with Crippen LogP contribution in [0.2, 0.25) is 0 Å². The van der Waals surface area contributed by atoms with E-state index in [4.69, 9.17) is 4.74 Å². The van der Waals surface area contributed by atoms with E-state index >= 15 is 0 Å². The SMILES string of the molecule is COC(=O)c1cc(-c2ccccc2)c(=O)n2c1-c1sc(Br)cc1CC2. The summed E-state index contributed by atoms with van der Waals surface area (Å²) >= 11 is 5.04. The number of carbonyl (C=O) groups excluding carboxylic acids is 1. The number of pyridine rings is 1. The Hall–Kier alpha value is -2.18. The minimum Gasteiger partial charge on any atom is -0.465 e. The van der Waals surface area contributed by atoms with Gasteiger partial charge in [0.05, 0.1) is 27.0 Å². The molecule has 6 heteroatoms. The van der Waals surface area contributed by atoms with Gasteiger partial charge in [-0.25, -0.2) is 4.79 Å². The molecule has 4 rings (SSSR count). The molecular formula is C19H14BrNO3S. The summed E-state index contributed by atoms with van der Waals surface area (Å²) in [5.74, 6) is -0.432. The second kappa shape index (κ2) is 6.28. The number of methoxy groups -OCH3 is 1. The summed E-state index contributed by atoms with van der Waals surface area (Å²) < 4.78 is 7.69. The van der Waals surface area contributed by atoms with Gasteiger partial charge in [-0.3, -0.25) is 4.79 Å². The highest BCUT2D eigenvalue weighted by Crippen LogP contribution is 2.40. The third-order valence-electron chi connectivity index (χ3n) is 4.38. The zero-order valence-corrected chi connectivity index (χ0v) is 15.8. The van der Waals surface area contributed by atoms with Gasteiger partial charge in [-0.1, -0.05) is 30.3 Å². The molecule has 1 aromatic carbocycles. The van der Waals surface area contributed by atoms with Crippen LogP contribution in [0, 0.1) is 0 Å². The Morgan fingerprint density at radius 3 is 2.72 bits per heavy atom. The molecule has 0 aliphatic carbocycles. The lowest BCUT2D eigenvalue weighted by Gasteiger charge is -2.22. The zero-order chi connectivity index (χ0) is 17.6. The molecule has 3 heterocycles. The Morgan fingerprint density at radius 1 is 1.24 bits per heavy atom. The van der Waals surface area contributed by atoms with E-state index < -0.39 is 5.97 Å². The minimum atomic E-state index is -0.432. The number of aryl methyl sites for hydroxylation is 1. The van der Waals surface area contributed by atoms with Crippen LogP contribution in [0.5, 0.6) is 0 Å². The molecule has 126 valence electrons. The van der Waals surface area contributed by atoms with Crippen LogP contribution in [0.1, 0.15) is 15.9 Å². The molecule has 25 heavy (non-hydrogen) atoms. The first-order valence-corrected chi connectivity index (χ1v) is 9.41. The Morgan fingerprint density at radius 2 is 2.00 bits per heavy atom. The topological polar surface area (TPSA) is 48.3 Å². The lowest BCUT2D eigenvalue weighted by Crippen LogP contribution is -2.29. The highest BCUT2D eigenvalue weighted by molar-refractivity contribution is 9.11. The molecular weight excluding hydrogens is 402 g/mol. The lowest BCUT2D eigenvalue weighted by molar-refractivity contribution is 0.0600. The maximum Gasteiger partial charge on any atom is 0.340 e. The van der Waals surface area contributed by atoms with Crippen LogP contribution in [0.25, 0.3) is 21.7 Å². The number of nitrogens with zero attached hydrogens (tertiary/aromatic N) is 1. The highest BCUT2D eigenvalue weighted by atomic mass is 79.9. The van der Waals surface area contributed by atoms with Crippen molar-refractivity contribution in [1.29, 1.82) is 0 Å². The van der Waals surface area contributed by atoms with Crippen LogP contribution in [0.15, 0.2) is 51.0 Å². The molecule has 1 aliphatic rings. The molecule has 1 aliphatic heterocycles. The number of fused-ring (bicyclic) bond motifs is 3. The number of benzene rings is 1. The average molecular weight is 416 g/mol. The molecule has 0 saturated carbocycles. The van der Waals surface area contributed by atoms with Crippen LogP contribution < -0.4 is 5.56 Å². The standard InChI is InChI=1S/C19H14BrNO3S/c1-24-19(23)14-10-13(11-5-3-2-4-6-11)18(22)21-8-7-12-9-15(20)25-17(12)16(14)21/h2-6,9-10H,7-8H2,1H3. The molecule has 3 aromatic rings. The molecule has 0 bridgehead atoms. The van der Waals surface area contributed by atoms with Gasteiger partial charge in [0.1, 0.15) is 0 Å². The highest BCUT2D eigenvalue weighted by Gasteiger charge is 2.28. The number of rotatable bonds is 2. The lowest BCUT2D eigenvalue weighted by atomic mass is 9.98. The number of aromatic nitrogens is 1. The number of esters is 1. The van der Waals surface area contributed by atoms with Gasteiger partial charge in [-0.05, 0) is 45.6 Å². The van der Waals surface area contributed by atoms with Gasteiger partial charge in [-0.2, -0.15) is 0 Å². The van der Waals surface area contributed by atoms with Crippen LogP contribution >= 0.6 is 27.3 Å². The van der Waals surface area contributed by atoms with E-state index in [2.05, 4.69) is 22.0 Å². The minimum absolute atomic E-state index is 0.0796. The van der Waals surface area contributed by atoms with Gasteiger partial charge in [0.2, 0.25) is 0 Å². The second-order valence-corrected chi connectivity index (χ2v) is 8.22. The maximum absolute atomic E-state index is 13.1. The summed E-state index contributed by atoms with van der Waals surface area (Å²) in [5, 5.41) is 0. The van der Waals surface area contributed by atoms with Crippen molar-refractivity contribution in [3.8, 4) is 21.7 Å². The van der Waals surface area contributed by atoms with E-state index in [1.807, 2.05) is 30.3 Å². The normalized spacial score (nSPS) is 12.4. The Balaban J connectivity index is 2.06. The fourth-order valence-corrected chi connectivity index (χ4v) is 5.00. The summed E-state index contributed by atoms with van der Waals surface area (Å²) in [6.07, 6.45) is 0.767. The van der Waals surface area contributed by atoms with Crippen LogP contribution in [0.3, 0.4) is 0 Å². The van der Waals surface area contributed by atoms with Gasteiger partial charge in [0.25, 0.3) is 5.56 Å². The largest absolute Gasteiger partial charge is 0.465 e. The van der Waals surface area contributed by atoms with Crippen molar-refractivity contribution in [1.82, 2.24) is 4.57 Å². The van der Waals surface area contributed by atoms with E-state index in [0.29, 0.717) is 23.4 Å². The fourth-order valence-electron chi connectivity index (χ4n) is 3.23. The van der Waals surface area contributed by atoms with E-state index in [1.54, 1.807) is 10.6 Å². The number of carbonyl (C=O) groups is 1. The van der Waals surface area contributed by atoms with E-state index in [-0.39, 0.29) is 5.56 Å². The van der Waals surface area contributed by atoms with Crippen molar-refractivity contribution in [2.45, 2.75) is 13.0 Å². The summed E-state index contributed by atoms with van der Waals surface area (Å²) in [5.41, 5.74) is 3.47. The third-order valence-corrected chi connectivity index (χ3v) is 6.07. The maximum atomic E-state index is 13.1. The number of hydrogen-bond acceptors (Lipinski definition) is 4. The summed E-state index contributed by atoms with van der Waals surface area (Å²) in [4.78, 5) is 26.5. The van der Waals surface area contributed by atoms with Crippen molar-refractivity contribution in [3.63, 3.8) is 0 Å². The quantitative estimate of drug-likeness (QED) is 0.584. The smallest absolute Gasteiger partial charge is 0.340 e. The summed E-state index contributed by atoms with van der Waals surface area (Å²) in [6, 6.07) is 13.1. The van der Waals surface area contributed by atoms with Crippen LogP contribution in [0.4, 0.5) is 0 Å². The first-order valence-electron chi connectivity index (χ1n) is 7.80. The van der Waals surface area contributed by atoms with Crippen molar-refractivity contribution in [2.75, 3.05) is 7.11 Å².